The highest BCUT2D eigenvalue weighted by molar-refractivity contribution is 5.82. The summed E-state index contributed by atoms with van der Waals surface area (Å²) in [6.45, 7) is 10.4. The van der Waals surface area contributed by atoms with Gasteiger partial charge in [-0.05, 0) is 37.0 Å². The summed E-state index contributed by atoms with van der Waals surface area (Å²) in [5, 5.41) is 9.57. The lowest BCUT2D eigenvalue weighted by molar-refractivity contribution is -0.136. The Morgan fingerprint density at radius 2 is 2.00 bits per heavy atom. The number of phenolic OH excluding ortho intramolecular Hbond substituents is 1. The lowest BCUT2D eigenvalue weighted by atomic mass is 9.86. The Labute approximate surface area is 121 Å². The van der Waals surface area contributed by atoms with E-state index in [1.807, 2.05) is 40.7 Å². The second-order valence-electron chi connectivity index (χ2n) is 6.24. The minimum atomic E-state index is -0.540. The third-order valence-corrected chi connectivity index (χ3v) is 3.64. The maximum atomic E-state index is 12.6. The first-order chi connectivity index (χ1) is 9.18. The van der Waals surface area contributed by atoms with E-state index in [1.54, 1.807) is 23.1 Å². The molecule has 20 heavy (non-hydrogen) atoms. The number of likely N-dealkylation sites (N-methyl/N-ethyl adjacent to an activating group) is 1. The van der Waals surface area contributed by atoms with Crippen molar-refractivity contribution in [3.05, 3.63) is 29.8 Å². The smallest absolute Gasteiger partial charge is 0.240 e. The molecule has 0 spiro atoms. The van der Waals surface area contributed by atoms with Gasteiger partial charge in [-0.15, -0.1) is 0 Å². The molecular weight excluding hydrogens is 252 g/mol. The van der Waals surface area contributed by atoms with Crippen LogP contribution in [0, 0.1) is 5.41 Å². The van der Waals surface area contributed by atoms with Crippen LogP contribution >= 0.6 is 0 Å². The second-order valence-corrected chi connectivity index (χ2v) is 6.24. The van der Waals surface area contributed by atoms with Gasteiger partial charge in [0.2, 0.25) is 5.91 Å². The van der Waals surface area contributed by atoms with Crippen LogP contribution in [0.3, 0.4) is 0 Å². The third kappa shape index (κ3) is 3.73. The second kappa shape index (κ2) is 6.27. The molecular formula is C16H26N2O2. The molecule has 1 rings (SSSR count). The number of carbonyl (C=O) groups is 1. The van der Waals surface area contributed by atoms with Crippen molar-refractivity contribution in [1.82, 2.24) is 4.90 Å². The van der Waals surface area contributed by atoms with Crippen LogP contribution in [0.15, 0.2) is 24.3 Å². The molecule has 2 atom stereocenters. The van der Waals surface area contributed by atoms with Crippen LogP contribution in [-0.4, -0.2) is 28.5 Å². The fourth-order valence-electron chi connectivity index (χ4n) is 2.13. The molecule has 112 valence electrons. The molecule has 1 aromatic carbocycles. The lowest BCUT2D eigenvalue weighted by Gasteiger charge is -2.35. The quantitative estimate of drug-likeness (QED) is 0.890. The zero-order valence-electron chi connectivity index (χ0n) is 13.1. The molecule has 0 aliphatic rings. The van der Waals surface area contributed by atoms with Crippen molar-refractivity contribution >= 4 is 5.91 Å². The lowest BCUT2D eigenvalue weighted by Crippen LogP contribution is -2.51. The van der Waals surface area contributed by atoms with Crippen LogP contribution in [0.25, 0.3) is 0 Å². The van der Waals surface area contributed by atoms with Crippen molar-refractivity contribution in [2.45, 2.75) is 46.7 Å². The van der Waals surface area contributed by atoms with E-state index in [9.17, 15) is 9.90 Å². The molecule has 0 heterocycles. The molecule has 0 aliphatic carbocycles. The standard InChI is InChI=1S/C16H26N2O2/c1-6-18(15(20)14(17)16(3,4)5)11(2)12-8-7-9-13(19)10-12/h7-11,14,19H,6,17H2,1-5H3/t11?,14-/m1/s1. The number of phenols is 1. The van der Waals surface area contributed by atoms with Crippen LogP contribution in [-0.2, 0) is 4.79 Å². The van der Waals surface area contributed by atoms with Crippen molar-refractivity contribution in [2.24, 2.45) is 11.1 Å². The predicted octanol–water partition coefficient (Wildman–Crippen LogP) is 2.68. The first-order valence-corrected chi connectivity index (χ1v) is 7.03. The van der Waals surface area contributed by atoms with Crippen LogP contribution in [0.5, 0.6) is 5.75 Å². The van der Waals surface area contributed by atoms with E-state index >= 15 is 0 Å². The molecule has 4 nitrogen and oxygen atoms in total. The highest BCUT2D eigenvalue weighted by Crippen LogP contribution is 2.26. The Balaban J connectivity index is 2.98. The van der Waals surface area contributed by atoms with Gasteiger partial charge < -0.3 is 15.7 Å². The molecule has 3 N–H and O–H groups in total. The summed E-state index contributed by atoms with van der Waals surface area (Å²) in [4.78, 5) is 14.3. The van der Waals surface area contributed by atoms with Gasteiger partial charge in [-0.2, -0.15) is 0 Å². The van der Waals surface area contributed by atoms with Crippen molar-refractivity contribution < 1.29 is 9.90 Å². The Morgan fingerprint density at radius 3 is 2.45 bits per heavy atom. The maximum Gasteiger partial charge on any atom is 0.240 e. The first kappa shape index (κ1) is 16.5. The van der Waals surface area contributed by atoms with E-state index < -0.39 is 6.04 Å². The molecule has 0 aromatic heterocycles. The molecule has 0 bridgehead atoms. The molecule has 1 unspecified atom stereocenters. The topological polar surface area (TPSA) is 66.6 Å². The summed E-state index contributed by atoms with van der Waals surface area (Å²) in [5.41, 5.74) is 6.71. The van der Waals surface area contributed by atoms with Crippen LogP contribution in [0.1, 0.15) is 46.2 Å². The number of amides is 1. The number of hydrogen-bond acceptors (Lipinski definition) is 3. The molecule has 1 aromatic rings. The molecule has 0 fully saturated rings. The van der Waals surface area contributed by atoms with Gasteiger partial charge in [-0.3, -0.25) is 4.79 Å². The zero-order chi connectivity index (χ0) is 15.5. The Kier molecular flexibility index (Phi) is 5.17. The SMILES string of the molecule is CCN(C(=O)[C@@H](N)C(C)(C)C)C(C)c1cccc(O)c1. The van der Waals surface area contributed by atoms with Gasteiger partial charge in [-0.25, -0.2) is 0 Å². The van der Waals surface area contributed by atoms with E-state index in [0.717, 1.165) is 5.56 Å². The summed E-state index contributed by atoms with van der Waals surface area (Å²) < 4.78 is 0. The number of nitrogens with zero attached hydrogens (tertiary/aromatic N) is 1. The summed E-state index contributed by atoms with van der Waals surface area (Å²) in [7, 11) is 0. The van der Waals surface area contributed by atoms with Crippen LogP contribution < -0.4 is 5.73 Å². The van der Waals surface area contributed by atoms with Gasteiger partial charge in [0.1, 0.15) is 5.75 Å². The Morgan fingerprint density at radius 1 is 1.40 bits per heavy atom. The predicted molar refractivity (Wildman–Crippen MR) is 81.3 cm³/mol. The average Bonchev–Trinajstić information content (AvgIpc) is 2.37. The van der Waals surface area contributed by atoms with Gasteiger partial charge >= 0.3 is 0 Å². The minimum absolute atomic E-state index is 0.0594. The Bertz CT molecular complexity index is 466. The highest BCUT2D eigenvalue weighted by Gasteiger charge is 2.32. The third-order valence-electron chi connectivity index (χ3n) is 3.64. The van der Waals surface area contributed by atoms with Gasteiger partial charge in [0.05, 0.1) is 12.1 Å². The number of aromatic hydroxyl groups is 1. The van der Waals surface area contributed by atoms with Gasteiger partial charge in [-0.1, -0.05) is 32.9 Å². The van der Waals surface area contributed by atoms with Crippen LogP contribution in [0.2, 0.25) is 0 Å². The molecule has 1 amide bonds. The number of carbonyl (C=O) groups excluding carboxylic acids is 1. The first-order valence-electron chi connectivity index (χ1n) is 7.03. The van der Waals surface area contributed by atoms with Crippen molar-refractivity contribution in [1.29, 1.82) is 0 Å². The molecule has 0 radical (unpaired) electrons. The summed E-state index contributed by atoms with van der Waals surface area (Å²) in [5.74, 6) is 0.147. The van der Waals surface area contributed by atoms with Crippen molar-refractivity contribution in [3.8, 4) is 5.75 Å². The molecule has 0 saturated carbocycles. The fourth-order valence-corrected chi connectivity index (χ4v) is 2.13. The minimum Gasteiger partial charge on any atom is -0.508 e. The van der Waals surface area contributed by atoms with E-state index in [0.29, 0.717) is 6.54 Å². The van der Waals surface area contributed by atoms with Crippen molar-refractivity contribution in [2.75, 3.05) is 6.54 Å². The van der Waals surface area contributed by atoms with E-state index in [2.05, 4.69) is 0 Å². The number of benzene rings is 1. The highest BCUT2D eigenvalue weighted by atomic mass is 16.3. The summed E-state index contributed by atoms with van der Waals surface area (Å²) >= 11 is 0. The monoisotopic (exact) mass is 278 g/mol. The zero-order valence-corrected chi connectivity index (χ0v) is 13.1. The van der Waals surface area contributed by atoms with Gasteiger partial charge in [0.15, 0.2) is 0 Å². The largest absolute Gasteiger partial charge is 0.508 e. The molecule has 4 heteroatoms. The number of nitrogens with two attached hydrogens (primary N) is 1. The maximum absolute atomic E-state index is 12.6. The van der Waals surface area contributed by atoms with E-state index in [-0.39, 0.29) is 23.1 Å². The number of rotatable bonds is 4. The van der Waals surface area contributed by atoms with Crippen LogP contribution in [0.4, 0.5) is 0 Å². The van der Waals surface area contributed by atoms with Crippen molar-refractivity contribution in [3.63, 3.8) is 0 Å². The Hall–Kier alpha value is -1.55. The molecule has 0 aliphatic heterocycles. The summed E-state index contributed by atoms with van der Waals surface area (Å²) in [6.07, 6.45) is 0. The van der Waals surface area contributed by atoms with E-state index in [1.165, 1.54) is 0 Å². The number of hydrogen-bond donors (Lipinski definition) is 2. The van der Waals surface area contributed by atoms with E-state index in [4.69, 9.17) is 5.73 Å². The summed E-state index contributed by atoms with van der Waals surface area (Å²) in [6, 6.07) is 6.33. The fraction of sp³-hybridized carbons (Fsp3) is 0.562. The average molecular weight is 278 g/mol. The van der Waals surface area contributed by atoms with Gasteiger partial charge in [0.25, 0.3) is 0 Å². The molecule has 0 saturated heterocycles. The normalized spacial score (nSPS) is 14.7. The van der Waals surface area contributed by atoms with Gasteiger partial charge in [0, 0.05) is 6.54 Å².